The fourth-order valence-corrected chi connectivity index (χ4v) is 2.84. The van der Waals surface area contributed by atoms with Crippen molar-refractivity contribution in [1.29, 1.82) is 0 Å². The maximum absolute atomic E-state index is 12.0. The smallest absolute Gasteiger partial charge is 0.264 e. The molecule has 1 atom stereocenters. The minimum Gasteiger partial charge on any atom is -0.385 e. The molecule has 0 spiro atoms. The van der Waals surface area contributed by atoms with Crippen LogP contribution in [0.5, 0.6) is 0 Å². The van der Waals surface area contributed by atoms with Crippen molar-refractivity contribution in [2.45, 2.75) is 12.8 Å². The molecule has 0 fully saturated rings. The highest BCUT2D eigenvalue weighted by atomic mass is 32.2. The van der Waals surface area contributed by atoms with Crippen LogP contribution >= 0.6 is 0 Å². The third-order valence-corrected chi connectivity index (χ3v) is 4.61. The van der Waals surface area contributed by atoms with Gasteiger partial charge in [0.15, 0.2) is 11.1 Å². The Kier molecular flexibility index (Phi) is 8.76. The SMILES string of the molecule is C=C(NCCCS(=O)(=O)O)c1cccc(C(=O)NCCCS(=O)O)c1. The largest absolute Gasteiger partial charge is 0.385 e. The monoisotopic (exact) mass is 390 g/mol. The van der Waals surface area contributed by atoms with Crippen molar-refractivity contribution in [3.8, 4) is 0 Å². The molecular weight excluding hydrogens is 368 g/mol. The number of rotatable bonds is 11. The molecule has 10 heteroatoms. The normalized spacial score (nSPS) is 12.4. The molecule has 0 aliphatic carbocycles. The van der Waals surface area contributed by atoms with Crippen molar-refractivity contribution in [2.75, 3.05) is 24.6 Å². The number of benzene rings is 1. The Morgan fingerprint density at radius 3 is 2.44 bits per heavy atom. The summed E-state index contributed by atoms with van der Waals surface area (Å²) >= 11 is -1.87. The van der Waals surface area contributed by atoms with Crippen molar-refractivity contribution in [3.63, 3.8) is 0 Å². The highest BCUT2D eigenvalue weighted by Crippen LogP contribution is 2.12. The van der Waals surface area contributed by atoms with Gasteiger partial charge < -0.3 is 15.2 Å². The molecule has 25 heavy (non-hydrogen) atoms. The van der Waals surface area contributed by atoms with Gasteiger partial charge in [0.05, 0.1) is 11.5 Å². The topological polar surface area (TPSA) is 133 Å². The molecule has 0 saturated carbocycles. The number of carbonyl (C=O) groups is 1. The molecule has 1 amide bonds. The molecule has 0 aromatic heterocycles. The predicted molar refractivity (Wildman–Crippen MR) is 97.1 cm³/mol. The van der Waals surface area contributed by atoms with Crippen LogP contribution in [0.3, 0.4) is 0 Å². The summed E-state index contributed by atoms with van der Waals surface area (Å²) in [4.78, 5) is 12.0. The summed E-state index contributed by atoms with van der Waals surface area (Å²) in [6.07, 6.45) is 0.626. The van der Waals surface area contributed by atoms with Gasteiger partial charge in [0.2, 0.25) is 0 Å². The molecule has 0 saturated heterocycles. The van der Waals surface area contributed by atoms with Gasteiger partial charge in [-0.25, -0.2) is 4.21 Å². The molecule has 1 aromatic carbocycles. The van der Waals surface area contributed by atoms with Crippen molar-refractivity contribution in [1.82, 2.24) is 10.6 Å². The van der Waals surface area contributed by atoms with Gasteiger partial charge in [-0.3, -0.25) is 9.35 Å². The fraction of sp³-hybridized carbons (Fsp3) is 0.400. The van der Waals surface area contributed by atoms with Gasteiger partial charge in [0.25, 0.3) is 16.0 Å². The van der Waals surface area contributed by atoms with Crippen molar-refractivity contribution in [2.24, 2.45) is 0 Å². The molecule has 0 heterocycles. The van der Waals surface area contributed by atoms with Crippen LogP contribution in [0.15, 0.2) is 30.8 Å². The molecule has 8 nitrogen and oxygen atoms in total. The lowest BCUT2D eigenvalue weighted by molar-refractivity contribution is 0.0953. The lowest BCUT2D eigenvalue weighted by atomic mass is 10.1. The van der Waals surface area contributed by atoms with E-state index in [1.165, 1.54) is 0 Å². The van der Waals surface area contributed by atoms with Gasteiger partial charge in [0, 0.05) is 24.4 Å². The van der Waals surface area contributed by atoms with E-state index in [4.69, 9.17) is 9.11 Å². The fourth-order valence-electron chi connectivity index (χ4n) is 1.94. The van der Waals surface area contributed by atoms with E-state index in [2.05, 4.69) is 17.2 Å². The van der Waals surface area contributed by atoms with Crippen LogP contribution in [0.2, 0.25) is 0 Å². The van der Waals surface area contributed by atoms with Crippen LogP contribution in [-0.4, -0.2) is 52.2 Å². The van der Waals surface area contributed by atoms with Crippen molar-refractivity contribution >= 4 is 32.8 Å². The minimum absolute atomic E-state index is 0.102. The average molecular weight is 390 g/mol. The van der Waals surface area contributed by atoms with Gasteiger partial charge >= 0.3 is 0 Å². The highest BCUT2D eigenvalue weighted by molar-refractivity contribution is 7.85. The minimum atomic E-state index is -3.98. The van der Waals surface area contributed by atoms with Crippen LogP contribution < -0.4 is 10.6 Å². The highest BCUT2D eigenvalue weighted by Gasteiger charge is 2.08. The van der Waals surface area contributed by atoms with E-state index in [0.29, 0.717) is 36.3 Å². The van der Waals surface area contributed by atoms with Gasteiger partial charge in [-0.2, -0.15) is 8.42 Å². The Morgan fingerprint density at radius 2 is 1.80 bits per heavy atom. The summed E-state index contributed by atoms with van der Waals surface area (Å²) in [5, 5.41) is 5.60. The molecule has 140 valence electrons. The van der Waals surface area contributed by atoms with Gasteiger partial charge in [-0.05, 0) is 30.5 Å². The van der Waals surface area contributed by atoms with Crippen LogP contribution in [-0.2, 0) is 21.2 Å². The van der Waals surface area contributed by atoms with Gasteiger partial charge in [-0.15, -0.1) is 0 Å². The third-order valence-electron chi connectivity index (χ3n) is 3.17. The molecule has 0 aliphatic heterocycles. The molecule has 1 unspecified atom stereocenters. The summed E-state index contributed by atoms with van der Waals surface area (Å²) in [6.45, 7) is 4.45. The molecule has 0 radical (unpaired) electrons. The van der Waals surface area contributed by atoms with E-state index in [-0.39, 0.29) is 23.8 Å². The number of nitrogens with one attached hydrogen (secondary N) is 2. The summed E-state index contributed by atoms with van der Waals surface area (Å²) < 4.78 is 49.1. The average Bonchev–Trinajstić information content (AvgIpc) is 2.54. The van der Waals surface area contributed by atoms with Crippen LogP contribution in [0.4, 0.5) is 0 Å². The second-order valence-corrected chi connectivity index (χ2v) is 7.88. The maximum atomic E-state index is 12.0. The van der Waals surface area contributed by atoms with Gasteiger partial charge in [-0.1, -0.05) is 18.7 Å². The quantitative estimate of drug-likeness (QED) is 0.250. The molecule has 0 bridgehead atoms. The first-order valence-corrected chi connectivity index (χ1v) is 10.4. The van der Waals surface area contributed by atoms with E-state index < -0.39 is 21.2 Å². The zero-order chi connectivity index (χ0) is 18.9. The standard InChI is InChI=1S/C15H22N2O6S2/c1-12(16-8-4-10-25(21,22)23)13-5-2-6-14(11-13)15(18)17-7-3-9-24(19)20/h2,5-6,11,16H,1,3-4,7-10H2,(H,17,18)(H,19,20)(H,21,22,23). The number of amides is 1. The maximum Gasteiger partial charge on any atom is 0.264 e. The Morgan fingerprint density at radius 1 is 1.16 bits per heavy atom. The van der Waals surface area contributed by atoms with Crippen molar-refractivity contribution in [3.05, 3.63) is 42.0 Å². The van der Waals surface area contributed by atoms with Gasteiger partial charge in [0.1, 0.15) is 0 Å². The van der Waals surface area contributed by atoms with Crippen LogP contribution in [0.25, 0.3) is 5.70 Å². The second kappa shape index (κ2) is 10.3. The van der Waals surface area contributed by atoms with E-state index in [0.717, 1.165) is 0 Å². The number of hydrogen-bond acceptors (Lipinski definition) is 5. The first kappa shape index (κ1) is 21.3. The Hall–Kier alpha value is -1.75. The molecule has 1 aromatic rings. The summed E-state index contributed by atoms with van der Waals surface area (Å²) in [5.74, 6) is -0.538. The lowest BCUT2D eigenvalue weighted by Crippen LogP contribution is -2.25. The first-order valence-electron chi connectivity index (χ1n) is 7.53. The van der Waals surface area contributed by atoms with E-state index >= 15 is 0 Å². The number of carbonyl (C=O) groups excluding carboxylic acids is 1. The summed E-state index contributed by atoms with van der Waals surface area (Å²) in [6, 6.07) is 6.72. The zero-order valence-corrected chi connectivity index (χ0v) is 15.2. The van der Waals surface area contributed by atoms with Crippen LogP contribution in [0.1, 0.15) is 28.8 Å². The Bertz CT molecular complexity index is 733. The van der Waals surface area contributed by atoms with E-state index in [1.807, 2.05) is 0 Å². The number of hydrogen-bond donors (Lipinski definition) is 4. The Labute approximate surface area is 149 Å². The zero-order valence-electron chi connectivity index (χ0n) is 13.6. The molecule has 4 N–H and O–H groups in total. The summed E-state index contributed by atoms with van der Waals surface area (Å²) in [5.41, 5.74) is 1.63. The predicted octanol–water partition coefficient (Wildman–Crippen LogP) is 0.866. The summed E-state index contributed by atoms with van der Waals surface area (Å²) in [7, 11) is -3.98. The molecular formula is C15H22N2O6S2. The molecule has 1 rings (SSSR count). The van der Waals surface area contributed by atoms with Crippen molar-refractivity contribution < 1.29 is 26.5 Å². The molecule has 0 aliphatic rings. The van der Waals surface area contributed by atoms with E-state index in [1.54, 1.807) is 24.3 Å². The first-order chi connectivity index (χ1) is 11.7. The second-order valence-electron chi connectivity index (χ2n) is 5.26. The van der Waals surface area contributed by atoms with Crippen LogP contribution in [0, 0.1) is 0 Å². The van der Waals surface area contributed by atoms with E-state index in [9.17, 15) is 17.4 Å². The lowest BCUT2D eigenvalue weighted by Gasteiger charge is -2.11. The third kappa shape index (κ3) is 9.34. The Balaban J connectivity index is 2.51.